The van der Waals surface area contributed by atoms with E-state index in [4.69, 9.17) is 4.42 Å². The molecular weight excluding hydrogens is 344 g/mol. The molecule has 0 aliphatic carbocycles. The Bertz CT molecular complexity index is 487. The second kappa shape index (κ2) is 4.63. The number of hydrogen-bond donors (Lipinski definition) is 0. The van der Waals surface area contributed by atoms with Crippen molar-refractivity contribution < 1.29 is 9.21 Å². The number of Topliss-reactive ketones (excluding diaryl/α,β-unsaturated/α-hetero) is 1. The van der Waals surface area contributed by atoms with Gasteiger partial charge < -0.3 is 4.42 Å². The van der Waals surface area contributed by atoms with Gasteiger partial charge in [0, 0.05) is 11.3 Å². The third-order valence-corrected chi connectivity index (χ3v) is 4.12. The molecular formula is C10H6Br2O2S. The number of furan rings is 1. The number of hydrogen-bond acceptors (Lipinski definition) is 3. The first-order valence-electron chi connectivity index (χ1n) is 4.17. The maximum absolute atomic E-state index is 11.8. The van der Waals surface area contributed by atoms with Crippen LogP contribution in [0.2, 0.25) is 0 Å². The van der Waals surface area contributed by atoms with Gasteiger partial charge in [0.1, 0.15) is 0 Å². The van der Waals surface area contributed by atoms with Crippen LogP contribution in [-0.4, -0.2) is 5.78 Å². The molecule has 0 spiro atoms. The van der Waals surface area contributed by atoms with Gasteiger partial charge in [0.2, 0.25) is 0 Å². The summed E-state index contributed by atoms with van der Waals surface area (Å²) in [5.74, 6) is 0.0602. The van der Waals surface area contributed by atoms with E-state index in [1.807, 2.05) is 12.1 Å². The average molecular weight is 350 g/mol. The van der Waals surface area contributed by atoms with Crippen LogP contribution in [0.3, 0.4) is 0 Å². The number of thiophene rings is 1. The Balaban J connectivity index is 2.14. The van der Waals surface area contributed by atoms with E-state index in [1.54, 1.807) is 17.4 Å². The third-order valence-electron chi connectivity index (χ3n) is 1.88. The largest absolute Gasteiger partial charge is 0.457 e. The molecule has 0 fully saturated rings. The van der Waals surface area contributed by atoms with E-state index in [9.17, 15) is 4.79 Å². The van der Waals surface area contributed by atoms with Gasteiger partial charge in [0.25, 0.3) is 0 Å². The smallest absolute Gasteiger partial charge is 0.179 e. The van der Waals surface area contributed by atoms with Crippen LogP contribution in [0.15, 0.2) is 37.3 Å². The van der Waals surface area contributed by atoms with E-state index in [0.29, 0.717) is 16.7 Å². The van der Waals surface area contributed by atoms with Crippen LogP contribution in [-0.2, 0) is 6.42 Å². The molecule has 2 rings (SSSR count). The number of carbonyl (C=O) groups excluding carboxylic acids is 1. The summed E-state index contributed by atoms with van der Waals surface area (Å²) >= 11 is 8.13. The van der Waals surface area contributed by atoms with E-state index in [0.717, 1.165) is 8.66 Å². The highest BCUT2D eigenvalue weighted by atomic mass is 79.9. The summed E-state index contributed by atoms with van der Waals surface area (Å²) in [4.78, 5) is 12.8. The third kappa shape index (κ3) is 2.59. The van der Waals surface area contributed by atoms with E-state index >= 15 is 0 Å². The molecule has 0 aliphatic rings. The standard InChI is InChI=1S/C10H6Br2O2S/c11-9-2-1-6(15-9)5-8(13)7-3-4-14-10(7)12/h1-4H,5H2. The van der Waals surface area contributed by atoms with E-state index in [-0.39, 0.29) is 5.78 Å². The molecule has 0 radical (unpaired) electrons. The summed E-state index contributed by atoms with van der Waals surface area (Å²) in [5.41, 5.74) is 0.597. The van der Waals surface area contributed by atoms with Crippen LogP contribution in [0.1, 0.15) is 15.2 Å². The minimum atomic E-state index is 0.0602. The van der Waals surface area contributed by atoms with E-state index in [2.05, 4.69) is 31.9 Å². The summed E-state index contributed by atoms with van der Waals surface area (Å²) in [5, 5.41) is 0. The summed E-state index contributed by atoms with van der Waals surface area (Å²) < 4.78 is 6.56. The van der Waals surface area contributed by atoms with Crippen molar-refractivity contribution in [2.75, 3.05) is 0 Å². The Hall–Kier alpha value is -0.390. The van der Waals surface area contributed by atoms with Crippen LogP contribution in [0.5, 0.6) is 0 Å². The normalized spacial score (nSPS) is 10.5. The first-order chi connectivity index (χ1) is 7.16. The minimum Gasteiger partial charge on any atom is -0.457 e. The number of carbonyl (C=O) groups is 1. The first kappa shape index (κ1) is 11.1. The lowest BCUT2D eigenvalue weighted by Crippen LogP contribution is -2.00. The quantitative estimate of drug-likeness (QED) is 0.773. The minimum absolute atomic E-state index is 0.0602. The fourth-order valence-electron chi connectivity index (χ4n) is 1.19. The SMILES string of the molecule is O=C(Cc1ccc(Br)s1)c1ccoc1Br. The van der Waals surface area contributed by atoms with Gasteiger partial charge in [-0.05, 0) is 50.1 Å². The fraction of sp³-hybridized carbons (Fsp3) is 0.100. The Morgan fingerprint density at radius 3 is 2.67 bits per heavy atom. The van der Waals surface area contributed by atoms with Crippen molar-refractivity contribution >= 4 is 49.0 Å². The lowest BCUT2D eigenvalue weighted by Gasteiger charge is -1.95. The Kier molecular flexibility index (Phi) is 3.43. The summed E-state index contributed by atoms with van der Waals surface area (Å²) in [7, 11) is 0. The molecule has 0 atom stereocenters. The zero-order valence-electron chi connectivity index (χ0n) is 7.50. The second-order valence-corrected chi connectivity index (χ2v) is 6.18. The van der Waals surface area contributed by atoms with E-state index in [1.165, 1.54) is 6.26 Å². The van der Waals surface area contributed by atoms with Crippen molar-refractivity contribution in [2.24, 2.45) is 0 Å². The Labute approximate surface area is 108 Å². The molecule has 0 bridgehead atoms. The topological polar surface area (TPSA) is 30.2 Å². The highest BCUT2D eigenvalue weighted by Crippen LogP contribution is 2.25. The number of ketones is 1. The van der Waals surface area contributed by atoms with Crippen molar-refractivity contribution in [3.8, 4) is 0 Å². The van der Waals surface area contributed by atoms with Gasteiger partial charge in [-0.25, -0.2) is 0 Å². The predicted molar refractivity (Wildman–Crippen MR) is 66.5 cm³/mol. The lowest BCUT2D eigenvalue weighted by atomic mass is 10.1. The molecule has 0 saturated carbocycles. The van der Waals surface area contributed by atoms with E-state index < -0.39 is 0 Å². The molecule has 2 nitrogen and oxygen atoms in total. The van der Waals surface area contributed by atoms with Gasteiger partial charge in [-0.1, -0.05) is 0 Å². The van der Waals surface area contributed by atoms with Crippen LogP contribution in [0.25, 0.3) is 0 Å². The fourth-order valence-corrected chi connectivity index (χ4v) is 3.14. The van der Waals surface area contributed by atoms with Crippen molar-refractivity contribution in [1.29, 1.82) is 0 Å². The van der Waals surface area contributed by atoms with Gasteiger partial charge >= 0.3 is 0 Å². The van der Waals surface area contributed by atoms with Gasteiger partial charge in [-0.3, -0.25) is 4.79 Å². The summed E-state index contributed by atoms with van der Waals surface area (Å²) in [6.07, 6.45) is 1.91. The zero-order valence-corrected chi connectivity index (χ0v) is 11.5. The molecule has 0 N–H and O–H groups in total. The zero-order chi connectivity index (χ0) is 10.8. The van der Waals surface area contributed by atoms with Crippen LogP contribution < -0.4 is 0 Å². The van der Waals surface area contributed by atoms with Gasteiger partial charge in [0.05, 0.1) is 15.6 Å². The van der Waals surface area contributed by atoms with Gasteiger partial charge in [-0.2, -0.15) is 0 Å². The van der Waals surface area contributed by atoms with Crippen LogP contribution in [0.4, 0.5) is 0 Å². The second-order valence-electron chi connectivity index (χ2n) is 2.91. The molecule has 15 heavy (non-hydrogen) atoms. The monoisotopic (exact) mass is 348 g/mol. The Morgan fingerprint density at radius 2 is 2.13 bits per heavy atom. The van der Waals surface area contributed by atoms with Crippen molar-refractivity contribution in [1.82, 2.24) is 0 Å². The molecule has 2 heterocycles. The molecule has 2 aromatic heterocycles. The van der Waals surface area contributed by atoms with Gasteiger partial charge in [0.15, 0.2) is 10.5 Å². The highest BCUT2D eigenvalue weighted by Gasteiger charge is 2.13. The number of halogens is 2. The molecule has 0 aliphatic heterocycles. The predicted octanol–water partition coefficient (Wildman–Crippen LogP) is 4.29. The molecule has 0 saturated heterocycles. The maximum Gasteiger partial charge on any atom is 0.179 e. The molecule has 2 aromatic rings. The average Bonchev–Trinajstić information content (AvgIpc) is 2.75. The van der Waals surface area contributed by atoms with Crippen molar-refractivity contribution in [3.63, 3.8) is 0 Å². The Morgan fingerprint density at radius 1 is 1.33 bits per heavy atom. The number of rotatable bonds is 3. The van der Waals surface area contributed by atoms with Crippen LogP contribution in [0, 0.1) is 0 Å². The molecule has 0 aromatic carbocycles. The van der Waals surface area contributed by atoms with Crippen LogP contribution >= 0.6 is 43.2 Å². The molecule has 5 heteroatoms. The molecule has 0 unspecified atom stereocenters. The molecule has 78 valence electrons. The summed E-state index contributed by atoms with van der Waals surface area (Å²) in [6, 6.07) is 5.56. The van der Waals surface area contributed by atoms with Crippen molar-refractivity contribution in [2.45, 2.75) is 6.42 Å². The maximum atomic E-state index is 11.8. The highest BCUT2D eigenvalue weighted by molar-refractivity contribution is 9.11. The summed E-state index contributed by atoms with van der Waals surface area (Å²) in [6.45, 7) is 0. The first-order valence-corrected chi connectivity index (χ1v) is 6.57. The van der Waals surface area contributed by atoms with Gasteiger partial charge in [-0.15, -0.1) is 11.3 Å². The molecule has 0 amide bonds. The lowest BCUT2D eigenvalue weighted by molar-refractivity contribution is 0.0992. The van der Waals surface area contributed by atoms with Crippen molar-refractivity contribution in [3.05, 3.63) is 43.4 Å².